The minimum Gasteiger partial charge on any atom is -0.595 e. The summed E-state index contributed by atoms with van der Waals surface area (Å²) in [6.07, 6.45) is 2.03. The van der Waals surface area contributed by atoms with Crippen molar-refractivity contribution in [1.29, 1.82) is 0 Å². The van der Waals surface area contributed by atoms with E-state index in [1.165, 1.54) is 23.1 Å². The van der Waals surface area contributed by atoms with Crippen molar-refractivity contribution in [3.63, 3.8) is 0 Å². The largest absolute Gasteiger partial charge is 0.595 e. The first-order valence-corrected chi connectivity index (χ1v) is 8.53. The van der Waals surface area contributed by atoms with E-state index in [1.807, 2.05) is 0 Å². The number of carbonyl (C=O) groups is 3. The van der Waals surface area contributed by atoms with Crippen LogP contribution in [0.5, 0.6) is 0 Å². The summed E-state index contributed by atoms with van der Waals surface area (Å²) in [4.78, 5) is 39.3. The van der Waals surface area contributed by atoms with Crippen molar-refractivity contribution < 1.29 is 29.6 Å². The van der Waals surface area contributed by atoms with Crippen molar-refractivity contribution in [3.8, 4) is 0 Å². The molecule has 1 unspecified atom stereocenters. The number of esters is 1. The van der Waals surface area contributed by atoms with Crippen molar-refractivity contribution in [2.24, 2.45) is 5.73 Å². The molecule has 1 aromatic carbocycles. The molecular formula is C17H24N4O6. The number of quaternary nitrogens is 1. The molecule has 0 spiro atoms. The maximum atomic E-state index is 12.4. The third-order valence-corrected chi connectivity index (χ3v) is 4.42. The van der Waals surface area contributed by atoms with Gasteiger partial charge >= 0.3 is 5.97 Å². The van der Waals surface area contributed by atoms with Crippen LogP contribution >= 0.6 is 0 Å². The van der Waals surface area contributed by atoms with E-state index in [9.17, 15) is 19.6 Å². The fraction of sp³-hybridized carbons (Fsp3) is 0.471. The molecule has 0 radical (unpaired) electrons. The van der Waals surface area contributed by atoms with E-state index in [0.717, 1.165) is 12.8 Å². The molecule has 0 aromatic heterocycles. The lowest BCUT2D eigenvalue weighted by atomic mass is 10.0. The van der Waals surface area contributed by atoms with Gasteiger partial charge in [-0.1, -0.05) is 0 Å². The van der Waals surface area contributed by atoms with Gasteiger partial charge in [0.15, 0.2) is 12.3 Å². The Morgan fingerprint density at radius 3 is 2.67 bits per heavy atom. The number of likely N-dealkylation sites (tertiary alicyclic amines) is 1. The highest BCUT2D eigenvalue weighted by Gasteiger charge is 2.31. The van der Waals surface area contributed by atoms with Crippen LogP contribution in [0.4, 0.5) is 11.4 Å². The van der Waals surface area contributed by atoms with Gasteiger partial charge in [-0.25, -0.2) is 10.0 Å². The normalized spacial score (nSPS) is 17.9. The molecule has 0 aliphatic carbocycles. The van der Waals surface area contributed by atoms with Gasteiger partial charge in [0.2, 0.25) is 5.91 Å². The number of carbonyl (C=O) groups excluding carboxylic acids is 3. The van der Waals surface area contributed by atoms with Gasteiger partial charge in [-0.05, 0) is 25.3 Å². The molecule has 148 valence electrons. The predicted molar refractivity (Wildman–Crippen MR) is 95.4 cm³/mol. The van der Waals surface area contributed by atoms with Crippen LogP contribution in [0.3, 0.4) is 0 Å². The Kier molecular flexibility index (Phi) is 6.72. The number of nitrogens with two attached hydrogens (primary N) is 1. The smallest absolute Gasteiger partial charge is 0.340 e. The second kappa shape index (κ2) is 8.80. The standard InChI is InChI=1S/C17H24N4O6/c1-19(2)13-7-6-11(21(25)26)9-12(13)17(24)27-10-15(22)20-8-4-3-5-14(20)16(18)23/h6-7,9,14,21,25H,3-5,8,10H2,1-2H3,(H2,18,23)/t14-/m1/s1. The SMILES string of the molecule is CN(C)c1ccc([NH+]([O-])O)cc1C(=O)OCC(=O)N1CCCC[C@@H]1C(N)=O. The van der Waals surface area contributed by atoms with Gasteiger partial charge < -0.3 is 25.5 Å². The number of benzene rings is 1. The van der Waals surface area contributed by atoms with E-state index in [4.69, 9.17) is 15.7 Å². The molecule has 1 aromatic rings. The lowest BCUT2D eigenvalue weighted by Gasteiger charge is -2.33. The van der Waals surface area contributed by atoms with Crippen molar-refractivity contribution in [1.82, 2.24) is 4.90 Å². The second-order valence-corrected chi connectivity index (χ2v) is 6.51. The van der Waals surface area contributed by atoms with E-state index in [0.29, 0.717) is 18.7 Å². The molecule has 2 amide bonds. The van der Waals surface area contributed by atoms with Crippen LogP contribution < -0.4 is 15.9 Å². The van der Waals surface area contributed by atoms with E-state index in [-0.39, 0.29) is 11.3 Å². The number of anilines is 1. The summed E-state index contributed by atoms with van der Waals surface area (Å²) in [5.74, 6) is -1.91. The Morgan fingerprint density at radius 1 is 1.37 bits per heavy atom. The number of amides is 2. The molecule has 1 fully saturated rings. The number of hydrogen-bond acceptors (Lipinski definition) is 7. The van der Waals surface area contributed by atoms with Crippen molar-refractivity contribution in [3.05, 3.63) is 29.0 Å². The average Bonchev–Trinajstić information content (AvgIpc) is 2.65. The van der Waals surface area contributed by atoms with Crippen LogP contribution in [-0.2, 0) is 14.3 Å². The summed E-state index contributed by atoms with van der Waals surface area (Å²) in [5.41, 5.74) is 5.78. The van der Waals surface area contributed by atoms with Gasteiger partial charge in [0, 0.05) is 32.8 Å². The summed E-state index contributed by atoms with van der Waals surface area (Å²) in [6.45, 7) is -0.172. The molecule has 10 nitrogen and oxygen atoms in total. The highest BCUT2D eigenvalue weighted by atomic mass is 16.8. The molecule has 4 N–H and O–H groups in total. The molecule has 1 aliphatic heterocycles. The Bertz CT molecular complexity index is 721. The zero-order valence-electron chi connectivity index (χ0n) is 15.3. The highest BCUT2D eigenvalue weighted by Crippen LogP contribution is 2.22. The quantitative estimate of drug-likeness (QED) is 0.432. The van der Waals surface area contributed by atoms with Gasteiger partial charge in [0.25, 0.3) is 5.91 Å². The third-order valence-electron chi connectivity index (χ3n) is 4.42. The first-order chi connectivity index (χ1) is 12.7. The highest BCUT2D eigenvalue weighted by molar-refractivity contribution is 5.98. The topological polar surface area (TPSA) is 141 Å². The van der Waals surface area contributed by atoms with Crippen LogP contribution in [0.15, 0.2) is 18.2 Å². The maximum Gasteiger partial charge on any atom is 0.340 e. The minimum absolute atomic E-state index is 0.0396. The zero-order valence-corrected chi connectivity index (χ0v) is 15.3. The van der Waals surface area contributed by atoms with Gasteiger partial charge in [0.05, 0.1) is 11.3 Å². The fourth-order valence-corrected chi connectivity index (χ4v) is 3.04. The van der Waals surface area contributed by atoms with Gasteiger partial charge in [-0.3, -0.25) is 9.59 Å². The van der Waals surface area contributed by atoms with Gasteiger partial charge in [-0.15, -0.1) is 0 Å². The van der Waals surface area contributed by atoms with E-state index < -0.39 is 35.7 Å². The summed E-state index contributed by atoms with van der Waals surface area (Å²) >= 11 is 0. The van der Waals surface area contributed by atoms with E-state index >= 15 is 0 Å². The van der Waals surface area contributed by atoms with E-state index in [1.54, 1.807) is 19.0 Å². The molecule has 0 saturated carbocycles. The number of nitrogens with zero attached hydrogens (tertiary/aromatic N) is 2. The number of ether oxygens (including phenoxy) is 1. The van der Waals surface area contributed by atoms with E-state index in [2.05, 4.69) is 0 Å². The monoisotopic (exact) mass is 380 g/mol. The first-order valence-electron chi connectivity index (χ1n) is 8.53. The number of nitrogens with one attached hydrogen (secondary N) is 1. The molecule has 10 heteroatoms. The van der Waals surface area contributed by atoms with Crippen LogP contribution in [0.2, 0.25) is 0 Å². The Hall–Kier alpha value is -2.69. The summed E-state index contributed by atoms with van der Waals surface area (Å²) in [5, 5.41) is 19.1. The van der Waals surface area contributed by atoms with Crippen LogP contribution in [0.25, 0.3) is 0 Å². The molecule has 1 heterocycles. The molecule has 2 rings (SSSR count). The van der Waals surface area contributed by atoms with Crippen molar-refractivity contribution in [2.75, 3.05) is 32.1 Å². The molecule has 0 bridgehead atoms. The fourth-order valence-electron chi connectivity index (χ4n) is 3.04. The molecule has 27 heavy (non-hydrogen) atoms. The van der Waals surface area contributed by atoms with Crippen LogP contribution in [0, 0.1) is 5.21 Å². The second-order valence-electron chi connectivity index (χ2n) is 6.51. The van der Waals surface area contributed by atoms with Crippen molar-refractivity contribution >= 4 is 29.2 Å². The van der Waals surface area contributed by atoms with Crippen molar-refractivity contribution in [2.45, 2.75) is 25.3 Å². The predicted octanol–water partition coefficient (Wildman–Crippen LogP) is -0.821. The number of piperidine rings is 1. The summed E-state index contributed by atoms with van der Waals surface area (Å²) < 4.78 is 5.09. The van der Waals surface area contributed by atoms with Gasteiger partial charge in [0.1, 0.15) is 6.04 Å². The van der Waals surface area contributed by atoms with Crippen LogP contribution in [-0.4, -0.2) is 61.2 Å². The lowest BCUT2D eigenvalue weighted by molar-refractivity contribution is -0.991. The zero-order chi connectivity index (χ0) is 20.1. The maximum absolute atomic E-state index is 12.4. The lowest BCUT2D eigenvalue weighted by Crippen LogP contribution is -2.99. The summed E-state index contributed by atoms with van der Waals surface area (Å²) in [7, 11) is 3.39. The minimum atomic E-state index is -1.18. The summed E-state index contributed by atoms with van der Waals surface area (Å²) in [6, 6.07) is 3.38. The number of hydrogen-bond donors (Lipinski definition) is 3. The molecule has 1 aliphatic rings. The molecule has 2 atom stereocenters. The number of rotatable bonds is 6. The Morgan fingerprint density at radius 2 is 2.07 bits per heavy atom. The Balaban J connectivity index is 2.11. The van der Waals surface area contributed by atoms with Gasteiger partial charge in [-0.2, -0.15) is 5.23 Å². The average molecular weight is 380 g/mol. The molecular weight excluding hydrogens is 356 g/mol. The number of primary amides is 1. The van der Waals surface area contributed by atoms with Crippen LogP contribution in [0.1, 0.15) is 29.6 Å². The Labute approximate surface area is 156 Å². The third kappa shape index (κ3) is 4.94. The molecule has 1 saturated heterocycles. The first kappa shape index (κ1) is 20.6.